The van der Waals surface area contributed by atoms with Gasteiger partial charge in [-0.05, 0) is 81.9 Å². The van der Waals surface area contributed by atoms with Gasteiger partial charge in [0.15, 0.2) is 10.8 Å². The predicted molar refractivity (Wildman–Crippen MR) is 216 cm³/mol. The number of nitrogens with zero attached hydrogens (tertiary/aromatic N) is 6. The van der Waals surface area contributed by atoms with Crippen LogP contribution in [0, 0.1) is 11.3 Å². The van der Waals surface area contributed by atoms with Gasteiger partial charge < -0.3 is 25.4 Å². The van der Waals surface area contributed by atoms with E-state index in [1.54, 1.807) is 57.2 Å². The van der Waals surface area contributed by atoms with E-state index in [1.165, 1.54) is 11.0 Å². The number of hydrogen-bond acceptors (Lipinski definition) is 12. The van der Waals surface area contributed by atoms with Crippen molar-refractivity contribution >= 4 is 75.3 Å². The molecule has 59 heavy (non-hydrogen) atoms. The summed E-state index contributed by atoms with van der Waals surface area (Å²) in [5.74, 6) is -1.19. The molecule has 4 heterocycles. The lowest BCUT2D eigenvalue weighted by Crippen LogP contribution is -2.49. The molecule has 3 fully saturated rings. The van der Waals surface area contributed by atoms with Gasteiger partial charge >= 0.3 is 6.18 Å². The van der Waals surface area contributed by atoms with E-state index in [1.807, 2.05) is 4.90 Å². The van der Waals surface area contributed by atoms with Crippen molar-refractivity contribution in [2.45, 2.75) is 57.5 Å². The zero-order valence-electron chi connectivity index (χ0n) is 32.2. The average molecular weight is 856 g/mol. The average Bonchev–Trinajstić information content (AvgIpc) is 3.34. The number of halogens is 4. The minimum absolute atomic E-state index is 0.112. The Morgan fingerprint density at radius 2 is 1.80 bits per heavy atom. The number of amides is 4. The number of aromatic nitrogens is 1. The molecule has 0 radical (unpaired) electrons. The van der Waals surface area contributed by atoms with E-state index >= 15 is 0 Å². The number of alkyl halides is 3. The summed E-state index contributed by atoms with van der Waals surface area (Å²) in [6, 6.07) is 11.3. The van der Waals surface area contributed by atoms with Crippen LogP contribution in [0.5, 0.6) is 5.75 Å². The zero-order valence-corrected chi connectivity index (χ0v) is 33.8. The summed E-state index contributed by atoms with van der Waals surface area (Å²) in [5, 5.41) is 28.4. The molecule has 6 rings (SSSR count). The topological polar surface area (TPSA) is 183 Å². The largest absolute Gasteiger partial charge is 0.492 e. The van der Waals surface area contributed by atoms with Crippen LogP contribution in [-0.2, 0) is 25.4 Å². The second-order valence-corrected chi connectivity index (χ2v) is 15.6. The van der Waals surface area contributed by atoms with E-state index in [2.05, 4.69) is 25.8 Å². The van der Waals surface area contributed by atoms with Crippen molar-refractivity contribution in [2.75, 3.05) is 66.3 Å². The molecule has 0 spiro atoms. The van der Waals surface area contributed by atoms with Crippen LogP contribution in [0.25, 0.3) is 0 Å². The number of aliphatic hydroxyl groups is 1. The summed E-state index contributed by atoms with van der Waals surface area (Å²) in [4.78, 5) is 60.5. The number of hydrogen-bond donors (Lipinski definition) is 4. The number of carbonyl (C=O) groups excluding carboxylic acids is 4. The number of nitriles is 1. The number of thiocarbonyl (C=S) groups is 1. The first-order chi connectivity index (χ1) is 27.8. The molecule has 2 unspecified atom stereocenters. The number of rotatable bonds is 12. The first-order valence-electron chi connectivity index (χ1n) is 18.6. The molecule has 4 N–H and O–H groups in total. The quantitative estimate of drug-likeness (QED) is 0.148. The van der Waals surface area contributed by atoms with Gasteiger partial charge in [-0.3, -0.25) is 39.2 Å². The molecule has 2 atom stereocenters. The summed E-state index contributed by atoms with van der Waals surface area (Å²) >= 11 is 11.9. The minimum atomic E-state index is -4.89. The van der Waals surface area contributed by atoms with Gasteiger partial charge in [0.25, 0.3) is 5.91 Å². The molecule has 1 aromatic heterocycles. The molecule has 4 amide bonds. The highest BCUT2D eigenvalue weighted by molar-refractivity contribution is 7.81. The number of benzene rings is 2. The number of nitrogens with one attached hydrogen (secondary N) is 3. The molecule has 3 aliphatic heterocycles. The van der Waals surface area contributed by atoms with Gasteiger partial charge in [-0.15, -0.1) is 0 Å². The lowest BCUT2D eigenvalue weighted by molar-refractivity contribution is -0.138. The Morgan fingerprint density at radius 1 is 1.10 bits per heavy atom. The third kappa shape index (κ3) is 9.74. The van der Waals surface area contributed by atoms with Crippen molar-refractivity contribution < 1.29 is 42.2 Å². The zero-order chi connectivity index (χ0) is 42.8. The maximum absolute atomic E-state index is 13.7. The molecule has 3 aromatic rings. The van der Waals surface area contributed by atoms with Crippen molar-refractivity contribution in [3.8, 4) is 11.8 Å². The normalized spacial score (nSPS) is 19.3. The van der Waals surface area contributed by atoms with E-state index in [9.17, 15) is 37.5 Å². The smallest absolute Gasteiger partial charge is 0.419 e. The first-order valence-corrected chi connectivity index (χ1v) is 19.4. The molecule has 15 nitrogen and oxygen atoms in total. The summed E-state index contributed by atoms with van der Waals surface area (Å²) < 4.78 is 47.3. The molecular weight excluding hydrogens is 815 g/mol. The number of carbonyl (C=O) groups is 4. The maximum Gasteiger partial charge on any atom is 0.419 e. The Bertz CT molecular complexity index is 2210. The number of ether oxygens (including phenoxy) is 1. The first kappa shape index (κ1) is 43.2. The fourth-order valence-corrected chi connectivity index (χ4v) is 7.86. The number of aliphatic hydroxyl groups excluding tert-OH is 1. The van der Waals surface area contributed by atoms with Crippen LogP contribution >= 0.6 is 23.8 Å². The lowest BCUT2D eigenvalue weighted by atomic mass is 10.0. The Kier molecular flexibility index (Phi) is 12.8. The van der Waals surface area contributed by atoms with Crippen LogP contribution in [0.1, 0.15) is 56.5 Å². The third-order valence-electron chi connectivity index (χ3n) is 10.2. The maximum atomic E-state index is 13.7. The van der Waals surface area contributed by atoms with Gasteiger partial charge in [-0.2, -0.15) is 18.4 Å². The van der Waals surface area contributed by atoms with Crippen LogP contribution in [0.3, 0.4) is 0 Å². The number of piperazine rings is 1. The molecule has 2 aromatic carbocycles. The van der Waals surface area contributed by atoms with Crippen LogP contribution in [0.4, 0.5) is 35.9 Å². The third-order valence-corrected chi connectivity index (χ3v) is 10.8. The standard InChI is InChI=1S/C39H41ClF3N9O6S/c1-22(53)28-17-26(52-37(59)51(36(57)38(52,2)3)27-18-29(39(41,42)43)31(19-44)45-20-27)4-6-32(28)58-13-12-49-8-10-50(11-9-49)21-34(55)47-25-15-23(40)14-24(16-25)46-30-5-7-33(54)48-35(30)56/h4,6,14-18,20,22,30,46,53H,5,7-13,21H2,1-3H3,(H,47,55)(H,48,54,56). The molecule has 0 saturated carbocycles. The Balaban J connectivity index is 1.02. The number of imide groups is 1. The van der Waals surface area contributed by atoms with Gasteiger partial charge in [0, 0.05) is 66.8 Å². The molecule has 3 aliphatic rings. The predicted octanol–water partition coefficient (Wildman–Crippen LogP) is 4.45. The van der Waals surface area contributed by atoms with Gasteiger partial charge in [-0.1, -0.05) is 11.6 Å². The van der Waals surface area contributed by atoms with E-state index in [0.717, 1.165) is 11.1 Å². The lowest BCUT2D eigenvalue weighted by Gasteiger charge is -2.34. The Labute approximate surface area is 348 Å². The summed E-state index contributed by atoms with van der Waals surface area (Å²) in [5.41, 5.74) is -1.91. The molecular formula is C39H41ClF3N9O6S. The fraction of sp³-hybridized carbons (Fsp3) is 0.410. The number of piperidine rings is 1. The monoisotopic (exact) mass is 855 g/mol. The number of anilines is 4. The molecule has 3 saturated heterocycles. The number of pyridine rings is 1. The van der Waals surface area contributed by atoms with Crippen LogP contribution in [-0.4, -0.2) is 106 Å². The second-order valence-electron chi connectivity index (χ2n) is 14.8. The highest BCUT2D eigenvalue weighted by Crippen LogP contribution is 2.41. The highest BCUT2D eigenvalue weighted by Gasteiger charge is 2.51. The van der Waals surface area contributed by atoms with Gasteiger partial charge in [-0.25, -0.2) is 4.98 Å². The van der Waals surface area contributed by atoms with Crippen molar-refractivity contribution in [2.24, 2.45) is 0 Å². The summed E-state index contributed by atoms with van der Waals surface area (Å²) in [6.45, 7) is 8.25. The van der Waals surface area contributed by atoms with Crippen LogP contribution in [0.2, 0.25) is 5.02 Å². The molecule has 20 heteroatoms. The van der Waals surface area contributed by atoms with Crippen molar-refractivity contribution in [3.63, 3.8) is 0 Å². The van der Waals surface area contributed by atoms with Gasteiger partial charge in [0.2, 0.25) is 17.7 Å². The Hall–Kier alpha value is -5.39. The van der Waals surface area contributed by atoms with Gasteiger partial charge in [0.05, 0.1) is 30.1 Å². The van der Waals surface area contributed by atoms with E-state index in [4.69, 9.17) is 33.8 Å². The molecule has 0 aliphatic carbocycles. The van der Waals surface area contributed by atoms with E-state index in [0.29, 0.717) is 78.6 Å². The van der Waals surface area contributed by atoms with Crippen molar-refractivity contribution in [1.29, 1.82) is 5.26 Å². The fourth-order valence-electron chi connectivity index (χ4n) is 7.11. The van der Waals surface area contributed by atoms with Crippen molar-refractivity contribution in [3.05, 3.63) is 70.5 Å². The summed E-state index contributed by atoms with van der Waals surface area (Å²) in [6.07, 6.45) is -4.33. The van der Waals surface area contributed by atoms with E-state index in [-0.39, 0.29) is 42.2 Å². The minimum Gasteiger partial charge on any atom is -0.492 e. The Morgan fingerprint density at radius 3 is 2.46 bits per heavy atom. The highest BCUT2D eigenvalue weighted by atomic mass is 35.5. The van der Waals surface area contributed by atoms with Crippen LogP contribution < -0.4 is 30.5 Å². The van der Waals surface area contributed by atoms with Crippen molar-refractivity contribution in [1.82, 2.24) is 20.1 Å². The van der Waals surface area contributed by atoms with E-state index < -0.39 is 46.9 Å². The summed E-state index contributed by atoms with van der Waals surface area (Å²) in [7, 11) is 0. The SMILES string of the molecule is CC(O)c1cc(N2C(=S)N(c3cnc(C#N)c(C(F)(F)F)c3)C(=O)C2(C)C)ccc1OCCN1CCN(CC(=O)Nc2cc(Cl)cc(NC3CCC(=O)NC3=O)c2)CC1. The molecule has 312 valence electrons. The second kappa shape index (κ2) is 17.5. The van der Waals surface area contributed by atoms with Gasteiger partial charge in [0.1, 0.15) is 30.0 Å². The molecule has 0 bridgehead atoms. The van der Waals surface area contributed by atoms with Crippen LogP contribution in [0.15, 0.2) is 48.7 Å².